The minimum atomic E-state index is -0.905. The maximum absolute atomic E-state index is 13.8. The number of nitrogens with one attached hydrogen (secondary N) is 1. The molecule has 8 heteroatoms. The van der Waals surface area contributed by atoms with E-state index < -0.39 is 5.60 Å². The maximum atomic E-state index is 13.8. The molecule has 0 amide bonds. The van der Waals surface area contributed by atoms with E-state index >= 15 is 0 Å². The Hall–Kier alpha value is -3.49. The lowest BCUT2D eigenvalue weighted by Crippen LogP contribution is -2.26. The van der Waals surface area contributed by atoms with Crippen LogP contribution in [0.5, 0.6) is 0 Å². The molecule has 4 aromatic rings. The number of hydrogen-bond donors (Lipinski definition) is 3. The second-order valence-corrected chi connectivity index (χ2v) is 9.84. The Bertz CT molecular complexity index is 1380. The molecule has 1 saturated heterocycles. The van der Waals surface area contributed by atoms with E-state index in [1.54, 1.807) is 30.7 Å². The van der Waals surface area contributed by atoms with Crippen LogP contribution in [0, 0.1) is 11.2 Å². The van der Waals surface area contributed by atoms with Gasteiger partial charge in [-0.3, -0.25) is 4.68 Å². The first kappa shape index (κ1) is 23.3. The van der Waals surface area contributed by atoms with Crippen LogP contribution in [0.4, 0.5) is 10.1 Å². The SMILES string of the molecule is CC(C)(O)Cn1cc(-c2c(C3CCOCC3)n(-c3ccc(F)cc3)c3cc(C=N)c(N)cc23)cn1. The Kier molecular flexibility index (Phi) is 5.94. The lowest BCUT2D eigenvalue weighted by molar-refractivity contribution is 0.0577. The third-order valence-electron chi connectivity index (χ3n) is 6.53. The van der Waals surface area contributed by atoms with E-state index in [1.165, 1.54) is 18.3 Å². The number of ether oxygens (including phenoxy) is 1. The summed E-state index contributed by atoms with van der Waals surface area (Å²) in [5, 5.41) is 23.6. The van der Waals surface area contributed by atoms with Crippen molar-refractivity contribution in [3.63, 3.8) is 0 Å². The predicted molar refractivity (Wildman–Crippen MR) is 136 cm³/mol. The van der Waals surface area contributed by atoms with Gasteiger partial charge in [-0.1, -0.05) is 0 Å². The summed E-state index contributed by atoms with van der Waals surface area (Å²) in [5.41, 5.74) is 11.4. The highest BCUT2D eigenvalue weighted by Crippen LogP contribution is 2.44. The summed E-state index contributed by atoms with van der Waals surface area (Å²) in [7, 11) is 0. The lowest BCUT2D eigenvalue weighted by Gasteiger charge is -2.25. The predicted octanol–water partition coefficient (Wildman–Crippen LogP) is 4.88. The minimum Gasteiger partial charge on any atom is -0.398 e. The second kappa shape index (κ2) is 8.94. The van der Waals surface area contributed by atoms with Crippen molar-refractivity contribution < 1.29 is 14.2 Å². The molecule has 1 aliphatic heterocycles. The van der Waals surface area contributed by atoms with Crippen molar-refractivity contribution in [2.45, 2.75) is 44.8 Å². The minimum absolute atomic E-state index is 0.207. The number of benzene rings is 2. The number of halogens is 1. The number of hydrogen-bond acceptors (Lipinski definition) is 5. The van der Waals surface area contributed by atoms with Crippen molar-refractivity contribution in [2.75, 3.05) is 18.9 Å². The topological polar surface area (TPSA) is 102 Å². The van der Waals surface area contributed by atoms with Gasteiger partial charge in [0.2, 0.25) is 0 Å². The molecule has 1 aliphatic rings. The number of aromatic nitrogens is 3. The number of nitrogens with zero attached hydrogens (tertiary/aromatic N) is 3. The molecule has 35 heavy (non-hydrogen) atoms. The van der Waals surface area contributed by atoms with Crippen molar-refractivity contribution in [1.29, 1.82) is 5.41 Å². The molecule has 0 bridgehead atoms. The normalized spacial score (nSPS) is 15.1. The standard InChI is InChI=1S/C27H30FN5O2/c1-27(2,34)16-32-15-19(14-31-32)25-22-12-23(30)18(13-29)11-24(22)33(21-5-3-20(28)4-6-21)26(25)17-7-9-35-10-8-17/h3-6,11-15,17,29,34H,7-10,16,30H2,1-2H3. The van der Waals surface area contributed by atoms with E-state index in [1.807, 2.05) is 24.5 Å². The van der Waals surface area contributed by atoms with Gasteiger partial charge in [0.05, 0.1) is 23.9 Å². The monoisotopic (exact) mass is 475 g/mol. The van der Waals surface area contributed by atoms with E-state index in [-0.39, 0.29) is 11.7 Å². The fourth-order valence-electron chi connectivity index (χ4n) is 5.02. The van der Waals surface area contributed by atoms with Gasteiger partial charge in [0.15, 0.2) is 0 Å². The van der Waals surface area contributed by atoms with Crippen molar-refractivity contribution in [2.24, 2.45) is 0 Å². The van der Waals surface area contributed by atoms with Gasteiger partial charge in [-0.15, -0.1) is 0 Å². The third kappa shape index (κ3) is 4.47. The van der Waals surface area contributed by atoms with Crippen LogP contribution in [0.2, 0.25) is 0 Å². The first-order valence-corrected chi connectivity index (χ1v) is 11.8. The molecule has 1 fully saturated rings. The summed E-state index contributed by atoms with van der Waals surface area (Å²) in [6.07, 6.45) is 6.74. The van der Waals surface area contributed by atoms with Crippen molar-refractivity contribution >= 4 is 22.8 Å². The molecule has 0 radical (unpaired) electrons. The fourth-order valence-corrected chi connectivity index (χ4v) is 5.02. The zero-order chi connectivity index (χ0) is 24.7. The highest BCUT2D eigenvalue weighted by atomic mass is 19.1. The zero-order valence-electron chi connectivity index (χ0n) is 20.0. The Morgan fingerprint density at radius 3 is 2.60 bits per heavy atom. The second-order valence-electron chi connectivity index (χ2n) is 9.84. The fraction of sp³-hybridized carbons (Fsp3) is 0.333. The smallest absolute Gasteiger partial charge is 0.123 e. The van der Waals surface area contributed by atoms with Gasteiger partial charge >= 0.3 is 0 Å². The average Bonchev–Trinajstić information content (AvgIpc) is 3.40. The number of nitrogens with two attached hydrogens (primary N) is 1. The van der Waals surface area contributed by atoms with E-state index in [0.29, 0.717) is 31.0 Å². The highest BCUT2D eigenvalue weighted by Gasteiger charge is 2.29. The first-order chi connectivity index (χ1) is 16.7. The zero-order valence-corrected chi connectivity index (χ0v) is 20.0. The van der Waals surface area contributed by atoms with Crippen LogP contribution in [0.15, 0.2) is 48.8 Å². The van der Waals surface area contributed by atoms with Crippen LogP contribution in [0.3, 0.4) is 0 Å². The summed E-state index contributed by atoms with van der Waals surface area (Å²) in [4.78, 5) is 0. The molecule has 7 nitrogen and oxygen atoms in total. The molecule has 0 aliphatic carbocycles. The van der Waals surface area contributed by atoms with Crippen LogP contribution in [0.25, 0.3) is 27.7 Å². The molecule has 2 aromatic heterocycles. The van der Waals surface area contributed by atoms with E-state index in [9.17, 15) is 9.50 Å². The molecule has 5 rings (SSSR count). The quantitative estimate of drug-likeness (QED) is 0.273. The van der Waals surface area contributed by atoms with E-state index in [2.05, 4.69) is 9.67 Å². The Balaban J connectivity index is 1.83. The molecule has 4 N–H and O–H groups in total. The van der Waals surface area contributed by atoms with Crippen LogP contribution < -0.4 is 5.73 Å². The number of aliphatic hydroxyl groups is 1. The summed E-state index contributed by atoms with van der Waals surface area (Å²) in [6, 6.07) is 10.3. The van der Waals surface area contributed by atoms with Gasteiger partial charge in [-0.25, -0.2) is 4.39 Å². The largest absolute Gasteiger partial charge is 0.398 e. The maximum Gasteiger partial charge on any atom is 0.123 e. The molecule has 182 valence electrons. The summed E-state index contributed by atoms with van der Waals surface area (Å²) < 4.78 is 23.4. The molecular weight excluding hydrogens is 445 g/mol. The summed E-state index contributed by atoms with van der Waals surface area (Å²) >= 11 is 0. The Labute approximate surface area is 203 Å². The van der Waals surface area contributed by atoms with E-state index in [0.717, 1.165) is 46.3 Å². The van der Waals surface area contributed by atoms with E-state index in [4.69, 9.17) is 15.9 Å². The van der Waals surface area contributed by atoms with Crippen LogP contribution in [-0.2, 0) is 11.3 Å². The van der Waals surface area contributed by atoms with Crippen molar-refractivity contribution in [3.05, 3.63) is 65.9 Å². The van der Waals surface area contributed by atoms with Crippen molar-refractivity contribution in [3.8, 4) is 16.8 Å². The molecule has 2 aromatic carbocycles. The van der Waals surface area contributed by atoms with Gasteiger partial charge < -0.3 is 25.6 Å². The molecular formula is C27H30FN5O2. The van der Waals surface area contributed by atoms with Crippen LogP contribution >= 0.6 is 0 Å². The summed E-state index contributed by atoms with van der Waals surface area (Å²) in [5.74, 6) is -0.0890. The van der Waals surface area contributed by atoms with Gasteiger partial charge in [-0.2, -0.15) is 5.10 Å². The van der Waals surface area contributed by atoms with Gasteiger partial charge in [0.1, 0.15) is 5.82 Å². The highest BCUT2D eigenvalue weighted by molar-refractivity contribution is 6.04. The van der Waals surface area contributed by atoms with Crippen LogP contribution in [0.1, 0.15) is 43.9 Å². The Morgan fingerprint density at radius 1 is 1.23 bits per heavy atom. The van der Waals surface area contributed by atoms with Gasteiger partial charge in [0.25, 0.3) is 0 Å². The van der Waals surface area contributed by atoms with Gasteiger partial charge in [-0.05, 0) is 63.1 Å². The lowest BCUT2D eigenvalue weighted by atomic mass is 9.90. The average molecular weight is 476 g/mol. The number of fused-ring (bicyclic) bond motifs is 1. The number of nitrogen functional groups attached to an aromatic ring is 1. The molecule has 0 saturated carbocycles. The van der Waals surface area contributed by atoms with Crippen LogP contribution in [-0.4, -0.2) is 44.5 Å². The van der Waals surface area contributed by atoms with Crippen molar-refractivity contribution in [1.82, 2.24) is 14.3 Å². The molecule has 0 spiro atoms. The number of rotatable bonds is 6. The Morgan fingerprint density at radius 2 is 1.94 bits per heavy atom. The molecule has 3 heterocycles. The first-order valence-electron chi connectivity index (χ1n) is 11.8. The molecule has 0 atom stereocenters. The third-order valence-corrected chi connectivity index (χ3v) is 6.53. The summed E-state index contributed by atoms with van der Waals surface area (Å²) in [6.45, 7) is 5.20. The molecule has 0 unspecified atom stereocenters. The number of anilines is 1. The van der Waals surface area contributed by atoms with Gasteiger partial charge in [0, 0.05) is 70.7 Å².